The summed E-state index contributed by atoms with van der Waals surface area (Å²) < 4.78 is 7.13. The van der Waals surface area contributed by atoms with Gasteiger partial charge in [0.05, 0.1) is 6.26 Å². The number of nitrogens with zero attached hydrogens (tertiary/aromatic N) is 6. The topological polar surface area (TPSA) is 91.8 Å². The third kappa shape index (κ3) is 4.36. The van der Waals surface area contributed by atoms with E-state index in [1.807, 2.05) is 18.5 Å². The van der Waals surface area contributed by atoms with Crippen molar-refractivity contribution in [3.05, 3.63) is 48.5 Å². The second-order valence-electron chi connectivity index (χ2n) is 6.29. The molecule has 0 radical (unpaired) electrons. The lowest BCUT2D eigenvalue weighted by Crippen LogP contribution is -2.53. The Labute approximate surface area is 158 Å². The Morgan fingerprint density at radius 3 is 2.67 bits per heavy atom. The Hall–Kier alpha value is -3.10. The average Bonchev–Trinajstić information content (AvgIpc) is 3.33. The van der Waals surface area contributed by atoms with E-state index < -0.39 is 0 Å². The molecule has 0 saturated carbocycles. The zero-order valence-corrected chi connectivity index (χ0v) is 15.8. The summed E-state index contributed by atoms with van der Waals surface area (Å²) in [5, 5.41) is 11.5. The largest absolute Gasteiger partial charge is 0.459 e. The van der Waals surface area contributed by atoms with Crippen LogP contribution in [0.1, 0.15) is 22.2 Å². The Morgan fingerprint density at radius 1 is 1.33 bits per heavy atom. The van der Waals surface area contributed by atoms with Gasteiger partial charge in [0, 0.05) is 39.8 Å². The Kier molecular flexibility index (Phi) is 5.90. The summed E-state index contributed by atoms with van der Waals surface area (Å²) >= 11 is 0. The van der Waals surface area contributed by atoms with Crippen molar-refractivity contribution in [2.24, 2.45) is 12.0 Å². The van der Waals surface area contributed by atoms with Crippen molar-refractivity contribution in [2.75, 3.05) is 32.7 Å². The van der Waals surface area contributed by atoms with Crippen molar-refractivity contribution in [1.29, 1.82) is 0 Å². The van der Waals surface area contributed by atoms with Gasteiger partial charge in [0.15, 0.2) is 17.5 Å². The highest BCUT2D eigenvalue weighted by molar-refractivity contribution is 5.91. The standard InChI is InChI=1S/C18H25N7O2/c1-4-7-19-18(20-13-16-22-21-14(2)23(16)3)25-10-8-24(9-11-25)17(26)15-6-5-12-27-15/h4-6,12H,1,7-11,13H2,2-3H3,(H,19,20). The van der Waals surface area contributed by atoms with Crippen LogP contribution >= 0.6 is 0 Å². The number of amides is 1. The van der Waals surface area contributed by atoms with E-state index in [9.17, 15) is 4.79 Å². The van der Waals surface area contributed by atoms with Crippen LogP contribution in [0.5, 0.6) is 0 Å². The second-order valence-corrected chi connectivity index (χ2v) is 6.29. The van der Waals surface area contributed by atoms with Gasteiger partial charge in [-0.05, 0) is 19.1 Å². The molecule has 2 aromatic rings. The molecule has 27 heavy (non-hydrogen) atoms. The predicted molar refractivity (Wildman–Crippen MR) is 101 cm³/mol. The number of guanidine groups is 1. The smallest absolute Gasteiger partial charge is 0.289 e. The van der Waals surface area contributed by atoms with Crippen LogP contribution in [0, 0.1) is 6.92 Å². The molecule has 2 aromatic heterocycles. The van der Waals surface area contributed by atoms with E-state index in [2.05, 4.69) is 32.0 Å². The molecular weight excluding hydrogens is 346 g/mol. The number of carbonyl (C=O) groups excluding carboxylic acids is 1. The van der Waals surface area contributed by atoms with E-state index >= 15 is 0 Å². The van der Waals surface area contributed by atoms with E-state index in [1.54, 1.807) is 23.1 Å². The SMILES string of the molecule is C=CCNC(=NCc1nnc(C)n1C)N1CCN(C(=O)c2ccco2)CC1. The first-order valence-corrected chi connectivity index (χ1v) is 8.92. The molecule has 9 heteroatoms. The van der Waals surface area contributed by atoms with Gasteiger partial charge in [-0.2, -0.15) is 0 Å². The maximum atomic E-state index is 12.4. The van der Waals surface area contributed by atoms with Gasteiger partial charge in [0.2, 0.25) is 0 Å². The lowest BCUT2D eigenvalue weighted by Gasteiger charge is -2.36. The number of piperazine rings is 1. The molecule has 0 aromatic carbocycles. The third-order valence-corrected chi connectivity index (χ3v) is 4.56. The number of aromatic nitrogens is 3. The van der Waals surface area contributed by atoms with Crippen molar-refractivity contribution in [3.8, 4) is 0 Å². The molecule has 1 amide bonds. The molecule has 9 nitrogen and oxygen atoms in total. The molecule has 1 N–H and O–H groups in total. The van der Waals surface area contributed by atoms with Crippen LogP contribution in [0.3, 0.4) is 0 Å². The lowest BCUT2D eigenvalue weighted by atomic mass is 10.3. The van der Waals surface area contributed by atoms with Gasteiger partial charge < -0.3 is 24.1 Å². The first-order chi connectivity index (χ1) is 13.1. The molecule has 0 atom stereocenters. The molecule has 144 valence electrons. The normalized spacial score (nSPS) is 15.1. The fourth-order valence-corrected chi connectivity index (χ4v) is 2.84. The maximum absolute atomic E-state index is 12.4. The maximum Gasteiger partial charge on any atom is 0.289 e. The van der Waals surface area contributed by atoms with Crippen LogP contribution in [-0.2, 0) is 13.6 Å². The summed E-state index contributed by atoms with van der Waals surface area (Å²) in [5.41, 5.74) is 0. The first-order valence-electron chi connectivity index (χ1n) is 8.92. The van der Waals surface area contributed by atoms with E-state index in [4.69, 9.17) is 4.42 Å². The van der Waals surface area contributed by atoms with Gasteiger partial charge in [0.25, 0.3) is 5.91 Å². The Morgan fingerprint density at radius 2 is 2.07 bits per heavy atom. The number of hydrogen-bond donors (Lipinski definition) is 1. The molecule has 1 saturated heterocycles. The minimum absolute atomic E-state index is 0.0771. The van der Waals surface area contributed by atoms with Gasteiger partial charge in [-0.15, -0.1) is 16.8 Å². The van der Waals surface area contributed by atoms with E-state index in [0.717, 1.165) is 17.6 Å². The highest BCUT2D eigenvalue weighted by Gasteiger charge is 2.25. The number of aryl methyl sites for hydroxylation is 1. The third-order valence-electron chi connectivity index (χ3n) is 4.56. The highest BCUT2D eigenvalue weighted by atomic mass is 16.3. The Balaban J connectivity index is 1.63. The lowest BCUT2D eigenvalue weighted by molar-refractivity contribution is 0.0658. The summed E-state index contributed by atoms with van der Waals surface area (Å²) in [4.78, 5) is 21.0. The van der Waals surface area contributed by atoms with Gasteiger partial charge in [-0.3, -0.25) is 4.79 Å². The molecule has 0 bridgehead atoms. The average molecular weight is 371 g/mol. The molecule has 1 fully saturated rings. The van der Waals surface area contributed by atoms with E-state index in [-0.39, 0.29) is 5.91 Å². The van der Waals surface area contributed by atoms with Gasteiger partial charge in [0.1, 0.15) is 12.4 Å². The number of furan rings is 1. The van der Waals surface area contributed by atoms with Crippen molar-refractivity contribution in [3.63, 3.8) is 0 Å². The van der Waals surface area contributed by atoms with E-state index in [0.29, 0.717) is 45.0 Å². The molecule has 1 aliphatic rings. The van der Waals surface area contributed by atoms with E-state index in [1.165, 1.54) is 6.26 Å². The van der Waals surface area contributed by atoms with Crippen LogP contribution in [0.25, 0.3) is 0 Å². The molecule has 0 aliphatic carbocycles. The number of nitrogens with one attached hydrogen (secondary N) is 1. The minimum atomic E-state index is -0.0771. The van der Waals surface area contributed by atoms with Crippen molar-refractivity contribution < 1.29 is 9.21 Å². The predicted octanol–water partition coefficient (Wildman–Crippen LogP) is 0.806. The summed E-state index contributed by atoms with van der Waals surface area (Å²) in [6, 6.07) is 3.41. The number of aliphatic imine (C=N–C) groups is 1. The summed E-state index contributed by atoms with van der Waals surface area (Å²) in [7, 11) is 1.93. The van der Waals surface area contributed by atoms with Crippen LogP contribution in [0.4, 0.5) is 0 Å². The van der Waals surface area contributed by atoms with Crippen LogP contribution in [0.2, 0.25) is 0 Å². The molecule has 0 unspecified atom stereocenters. The molecular formula is C18H25N7O2. The highest BCUT2D eigenvalue weighted by Crippen LogP contribution is 2.10. The van der Waals surface area contributed by atoms with Gasteiger partial charge in [-0.1, -0.05) is 6.08 Å². The summed E-state index contributed by atoms with van der Waals surface area (Å²) in [6.45, 7) is 9.30. The zero-order valence-electron chi connectivity index (χ0n) is 15.8. The summed E-state index contributed by atoms with van der Waals surface area (Å²) in [5.74, 6) is 2.73. The van der Waals surface area contributed by atoms with Gasteiger partial charge in [-0.25, -0.2) is 4.99 Å². The molecule has 3 heterocycles. The fraction of sp³-hybridized carbons (Fsp3) is 0.444. The number of carbonyl (C=O) groups is 1. The Bertz CT molecular complexity index is 802. The monoisotopic (exact) mass is 371 g/mol. The number of rotatable bonds is 5. The first kappa shape index (κ1) is 18.7. The molecule has 3 rings (SSSR count). The van der Waals surface area contributed by atoms with Crippen molar-refractivity contribution in [1.82, 2.24) is 29.9 Å². The molecule has 0 spiro atoms. The van der Waals surface area contributed by atoms with Crippen LogP contribution in [0.15, 0.2) is 40.5 Å². The molecule has 1 aliphatic heterocycles. The fourth-order valence-electron chi connectivity index (χ4n) is 2.84. The van der Waals surface area contributed by atoms with Crippen LogP contribution in [-0.4, -0.2) is 69.2 Å². The minimum Gasteiger partial charge on any atom is -0.459 e. The van der Waals surface area contributed by atoms with Crippen molar-refractivity contribution in [2.45, 2.75) is 13.5 Å². The van der Waals surface area contributed by atoms with Crippen molar-refractivity contribution >= 4 is 11.9 Å². The van der Waals surface area contributed by atoms with Gasteiger partial charge >= 0.3 is 0 Å². The quantitative estimate of drug-likeness (QED) is 0.475. The second kappa shape index (κ2) is 8.52. The summed E-state index contributed by atoms with van der Waals surface area (Å²) in [6.07, 6.45) is 3.31. The number of hydrogen-bond acceptors (Lipinski definition) is 5. The van der Waals surface area contributed by atoms with Crippen LogP contribution < -0.4 is 5.32 Å². The zero-order chi connectivity index (χ0) is 19.2.